The average Bonchev–Trinajstić information content (AvgIpc) is 2.84. The lowest BCUT2D eigenvalue weighted by atomic mass is 10.1. The van der Waals surface area contributed by atoms with Crippen LogP contribution in [0.1, 0.15) is 48.1 Å². The van der Waals surface area contributed by atoms with Crippen LogP contribution in [-0.4, -0.2) is 29.1 Å². The van der Waals surface area contributed by atoms with Crippen molar-refractivity contribution in [3.8, 4) is 11.5 Å². The molecule has 1 N–H and O–H groups in total. The standard InChI is InChI=1S/C24H25N4O2P.C2H6/c1-4-17(13-25-3)22-12-19(10-11-26-22)30-23-7-5-6-21(16(23)2)24(29)28-14-18-8-9-20(31)15-27-18;1-2/h4-13,15H,14,31H2,1-3H3,(H,28,29);1-2H3/b17-4+,25-13?;. The van der Waals surface area contributed by atoms with Crippen LogP contribution in [0.3, 0.4) is 0 Å². The first-order chi connectivity index (χ1) is 16.0. The molecule has 0 radical (unpaired) electrons. The first-order valence-electron chi connectivity index (χ1n) is 10.8. The summed E-state index contributed by atoms with van der Waals surface area (Å²) >= 11 is 0. The van der Waals surface area contributed by atoms with Crippen molar-refractivity contribution in [2.75, 3.05) is 7.05 Å². The lowest BCUT2D eigenvalue weighted by Gasteiger charge is -2.13. The number of rotatable bonds is 7. The highest BCUT2D eigenvalue weighted by Crippen LogP contribution is 2.28. The highest BCUT2D eigenvalue weighted by atomic mass is 31.0. The second-order valence-corrected chi connectivity index (χ2v) is 7.47. The minimum Gasteiger partial charge on any atom is -0.457 e. The summed E-state index contributed by atoms with van der Waals surface area (Å²) in [6.45, 7) is 8.16. The molecule has 0 aliphatic carbocycles. The predicted octanol–water partition coefficient (Wildman–Crippen LogP) is 5.14. The van der Waals surface area contributed by atoms with Gasteiger partial charge in [-0.25, -0.2) is 0 Å². The zero-order chi connectivity index (χ0) is 24.2. The quantitative estimate of drug-likeness (QED) is 0.390. The summed E-state index contributed by atoms with van der Waals surface area (Å²) in [4.78, 5) is 25.5. The van der Waals surface area contributed by atoms with Gasteiger partial charge in [0.25, 0.3) is 5.91 Å². The van der Waals surface area contributed by atoms with Crippen LogP contribution < -0.4 is 15.4 Å². The van der Waals surface area contributed by atoms with E-state index in [4.69, 9.17) is 4.74 Å². The molecule has 0 saturated carbocycles. The van der Waals surface area contributed by atoms with Gasteiger partial charge in [0.1, 0.15) is 11.5 Å². The van der Waals surface area contributed by atoms with Crippen LogP contribution in [0.25, 0.3) is 5.57 Å². The van der Waals surface area contributed by atoms with Crippen molar-refractivity contribution in [1.29, 1.82) is 0 Å². The molecule has 0 aliphatic heterocycles. The Bertz CT molecular complexity index is 1130. The summed E-state index contributed by atoms with van der Waals surface area (Å²) in [5.74, 6) is 1.07. The van der Waals surface area contributed by atoms with Gasteiger partial charge >= 0.3 is 0 Å². The Balaban J connectivity index is 0.00000187. The van der Waals surface area contributed by atoms with E-state index in [1.54, 1.807) is 37.8 Å². The number of nitrogens with one attached hydrogen (secondary N) is 1. The smallest absolute Gasteiger partial charge is 0.252 e. The molecule has 1 atom stereocenters. The van der Waals surface area contributed by atoms with Gasteiger partial charge in [-0.2, -0.15) is 0 Å². The number of carbonyl (C=O) groups excluding carboxylic acids is 1. The molecule has 2 heterocycles. The minimum absolute atomic E-state index is 0.175. The molecule has 33 heavy (non-hydrogen) atoms. The first-order valence-corrected chi connectivity index (χ1v) is 11.4. The van der Waals surface area contributed by atoms with Crippen LogP contribution in [0, 0.1) is 6.92 Å². The second-order valence-electron chi connectivity index (χ2n) is 6.80. The monoisotopic (exact) mass is 462 g/mol. The number of nitrogens with zero attached hydrogens (tertiary/aromatic N) is 3. The van der Waals surface area contributed by atoms with Gasteiger partial charge in [-0.1, -0.05) is 32.1 Å². The Morgan fingerprint density at radius 1 is 1.18 bits per heavy atom. The third kappa shape index (κ3) is 7.33. The van der Waals surface area contributed by atoms with Crippen molar-refractivity contribution in [3.63, 3.8) is 0 Å². The summed E-state index contributed by atoms with van der Waals surface area (Å²) in [5, 5.41) is 3.92. The molecule has 2 aromatic heterocycles. The number of benzene rings is 1. The van der Waals surface area contributed by atoms with Gasteiger partial charge in [0, 0.05) is 48.4 Å². The summed E-state index contributed by atoms with van der Waals surface area (Å²) in [5.41, 5.74) is 3.78. The third-order valence-corrected chi connectivity index (χ3v) is 4.98. The van der Waals surface area contributed by atoms with Crippen molar-refractivity contribution >= 4 is 32.2 Å². The zero-order valence-electron chi connectivity index (χ0n) is 19.8. The number of hydrogen-bond acceptors (Lipinski definition) is 5. The van der Waals surface area contributed by atoms with Crippen LogP contribution >= 0.6 is 9.24 Å². The number of ether oxygens (including phenoxy) is 1. The number of amides is 1. The van der Waals surface area contributed by atoms with Gasteiger partial charge in [0.15, 0.2) is 0 Å². The molecule has 0 fully saturated rings. The lowest BCUT2D eigenvalue weighted by molar-refractivity contribution is 0.0949. The van der Waals surface area contributed by atoms with Crippen molar-refractivity contribution in [2.45, 2.75) is 34.2 Å². The summed E-state index contributed by atoms with van der Waals surface area (Å²) in [6, 6.07) is 12.9. The number of aliphatic imine (C=N–C) groups is 1. The SMILES string of the molecule is C/C=C(\C=NC)c1cc(Oc2cccc(C(=O)NCc3ccc(P)cn3)c2C)ccn1.CC. The summed E-state index contributed by atoms with van der Waals surface area (Å²) in [7, 11) is 4.31. The largest absolute Gasteiger partial charge is 0.457 e. The zero-order valence-corrected chi connectivity index (χ0v) is 20.9. The number of aromatic nitrogens is 2. The van der Waals surface area contributed by atoms with Crippen LogP contribution in [0.2, 0.25) is 0 Å². The number of allylic oxidation sites excluding steroid dienone is 2. The van der Waals surface area contributed by atoms with Crippen molar-refractivity contribution in [2.24, 2.45) is 4.99 Å². The molecule has 0 spiro atoms. The van der Waals surface area contributed by atoms with E-state index in [0.29, 0.717) is 23.6 Å². The number of hydrogen-bond donors (Lipinski definition) is 1. The predicted molar refractivity (Wildman–Crippen MR) is 140 cm³/mol. The van der Waals surface area contributed by atoms with E-state index < -0.39 is 0 Å². The van der Waals surface area contributed by atoms with E-state index in [1.807, 2.05) is 64.1 Å². The van der Waals surface area contributed by atoms with Crippen LogP contribution in [-0.2, 0) is 6.54 Å². The minimum atomic E-state index is -0.175. The van der Waals surface area contributed by atoms with Crippen LogP contribution in [0.15, 0.2) is 65.9 Å². The Morgan fingerprint density at radius 2 is 1.97 bits per heavy atom. The van der Waals surface area contributed by atoms with Crippen molar-refractivity contribution in [3.05, 3.63) is 83.4 Å². The van der Waals surface area contributed by atoms with E-state index in [9.17, 15) is 4.79 Å². The van der Waals surface area contributed by atoms with Crippen molar-refractivity contribution < 1.29 is 9.53 Å². The van der Waals surface area contributed by atoms with E-state index in [0.717, 1.165) is 27.8 Å². The van der Waals surface area contributed by atoms with Gasteiger partial charge in [-0.3, -0.25) is 19.8 Å². The van der Waals surface area contributed by atoms with Crippen molar-refractivity contribution in [1.82, 2.24) is 15.3 Å². The fourth-order valence-corrected chi connectivity index (χ4v) is 3.14. The molecular formula is C26H31N4O2P. The lowest BCUT2D eigenvalue weighted by Crippen LogP contribution is -2.24. The third-order valence-electron chi connectivity index (χ3n) is 4.64. The molecule has 6 nitrogen and oxygen atoms in total. The molecule has 0 saturated heterocycles. The van der Waals surface area contributed by atoms with Gasteiger partial charge in [-0.05, 0) is 43.4 Å². The Morgan fingerprint density at radius 3 is 2.64 bits per heavy atom. The van der Waals surface area contributed by atoms with Gasteiger partial charge in [0.05, 0.1) is 17.9 Å². The molecule has 1 unspecified atom stereocenters. The molecular weight excluding hydrogens is 431 g/mol. The van der Waals surface area contributed by atoms with E-state index in [1.165, 1.54) is 0 Å². The fourth-order valence-electron chi connectivity index (χ4n) is 2.96. The molecule has 1 aromatic carbocycles. The van der Waals surface area contributed by atoms with Crippen LogP contribution in [0.4, 0.5) is 0 Å². The Hall–Kier alpha value is -3.37. The molecule has 0 aliphatic rings. The molecule has 1 amide bonds. The molecule has 7 heteroatoms. The Labute approximate surface area is 198 Å². The molecule has 3 aromatic rings. The van der Waals surface area contributed by atoms with E-state index in [-0.39, 0.29) is 5.91 Å². The number of pyridine rings is 2. The summed E-state index contributed by atoms with van der Waals surface area (Å²) in [6.07, 6.45) is 7.14. The van der Waals surface area contributed by atoms with Gasteiger partial charge in [0.2, 0.25) is 0 Å². The maximum atomic E-state index is 12.7. The van der Waals surface area contributed by atoms with E-state index in [2.05, 4.69) is 29.5 Å². The molecule has 0 bridgehead atoms. The second kappa shape index (κ2) is 13.2. The normalized spacial score (nSPS) is 11.0. The number of carbonyl (C=O) groups is 1. The fraction of sp³-hybridized carbons (Fsp3) is 0.231. The molecule has 172 valence electrons. The Kier molecular flexibility index (Phi) is 10.4. The summed E-state index contributed by atoms with van der Waals surface area (Å²) < 4.78 is 6.08. The van der Waals surface area contributed by atoms with Gasteiger partial charge < -0.3 is 10.1 Å². The first kappa shape index (κ1) is 25.9. The highest BCUT2D eigenvalue weighted by molar-refractivity contribution is 7.27. The molecule has 3 rings (SSSR count). The maximum absolute atomic E-state index is 12.7. The average molecular weight is 463 g/mol. The topological polar surface area (TPSA) is 76.5 Å². The van der Waals surface area contributed by atoms with Crippen LogP contribution in [0.5, 0.6) is 11.5 Å². The maximum Gasteiger partial charge on any atom is 0.252 e. The van der Waals surface area contributed by atoms with E-state index >= 15 is 0 Å². The highest BCUT2D eigenvalue weighted by Gasteiger charge is 2.13. The van der Waals surface area contributed by atoms with Gasteiger partial charge in [-0.15, -0.1) is 9.24 Å².